The maximum atomic E-state index is 12.7. The van der Waals surface area contributed by atoms with Gasteiger partial charge in [0.1, 0.15) is 0 Å². The first-order chi connectivity index (χ1) is 12.4. The molecule has 2 aromatic rings. The third kappa shape index (κ3) is 3.64. The van der Waals surface area contributed by atoms with Gasteiger partial charge in [-0.05, 0) is 68.1 Å². The first-order valence-corrected chi connectivity index (χ1v) is 9.09. The van der Waals surface area contributed by atoms with Gasteiger partial charge in [-0.15, -0.1) is 0 Å². The van der Waals surface area contributed by atoms with Crippen LogP contribution in [0.25, 0.3) is 5.69 Å². The smallest absolute Gasteiger partial charge is 0.317 e. The maximum Gasteiger partial charge on any atom is 0.435 e. The van der Waals surface area contributed by atoms with Crippen LogP contribution in [0, 0.1) is 5.41 Å². The molecule has 7 heteroatoms. The van der Waals surface area contributed by atoms with Crippen molar-refractivity contribution in [3.05, 3.63) is 47.8 Å². The fourth-order valence-electron chi connectivity index (χ4n) is 4.16. The summed E-state index contributed by atoms with van der Waals surface area (Å²) in [6.45, 7) is 5.39. The zero-order valence-electron chi connectivity index (χ0n) is 14.6. The quantitative estimate of drug-likeness (QED) is 0.905. The van der Waals surface area contributed by atoms with Crippen LogP contribution in [0.3, 0.4) is 0 Å². The molecule has 26 heavy (non-hydrogen) atoms. The highest BCUT2D eigenvalue weighted by molar-refractivity contribution is 5.34. The van der Waals surface area contributed by atoms with Crippen LogP contribution < -0.4 is 5.32 Å². The number of aromatic nitrogens is 2. The van der Waals surface area contributed by atoms with Crippen molar-refractivity contribution in [2.75, 3.05) is 26.2 Å². The molecular formula is C19H23F3N4. The lowest BCUT2D eigenvalue weighted by Gasteiger charge is -2.33. The number of nitrogens with one attached hydrogen (secondary N) is 1. The second-order valence-corrected chi connectivity index (χ2v) is 7.52. The van der Waals surface area contributed by atoms with Gasteiger partial charge in [-0.1, -0.05) is 12.1 Å². The lowest BCUT2D eigenvalue weighted by Crippen LogP contribution is -2.38. The molecule has 4 nitrogen and oxygen atoms in total. The second kappa shape index (κ2) is 6.70. The van der Waals surface area contributed by atoms with E-state index >= 15 is 0 Å². The predicted octanol–water partition coefficient (Wildman–Crippen LogP) is 3.47. The van der Waals surface area contributed by atoms with Crippen molar-refractivity contribution in [2.24, 2.45) is 5.41 Å². The number of likely N-dealkylation sites (tertiary alicyclic amines) is 1. The lowest BCUT2D eigenvalue weighted by molar-refractivity contribution is -0.141. The predicted molar refractivity (Wildman–Crippen MR) is 93.0 cm³/mol. The van der Waals surface area contributed by atoms with Gasteiger partial charge < -0.3 is 5.32 Å². The van der Waals surface area contributed by atoms with Crippen molar-refractivity contribution in [2.45, 2.75) is 32.0 Å². The molecule has 2 saturated heterocycles. The van der Waals surface area contributed by atoms with Crippen molar-refractivity contribution in [1.82, 2.24) is 20.0 Å². The summed E-state index contributed by atoms with van der Waals surface area (Å²) in [6.07, 6.45) is 0.706. The molecule has 0 unspecified atom stereocenters. The van der Waals surface area contributed by atoms with E-state index in [-0.39, 0.29) is 0 Å². The number of hydrogen-bond acceptors (Lipinski definition) is 3. The third-order valence-corrected chi connectivity index (χ3v) is 5.67. The number of hydrogen-bond donors (Lipinski definition) is 1. The van der Waals surface area contributed by atoms with Crippen LogP contribution in [-0.2, 0) is 12.7 Å². The summed E-state index contributed by atoms with van der Waals surface area (Å²) >= 11 is 0. The normalized spacial score (nSPS) is 20.7. The molecule has 0 radical (unpaired) electrons. The zero-order chi connectivity index (χ0) is 18.2. The number of alkyl halides is 3. The Hall–Kier alpha value is -1.86. The SMILES string of the molecule is FC(F)(F)c1ccn(-c2ccc(CN3CCC4(CCNCC4)C3)cc2)n1. The average molecular weight is 364 g/mol. The zero-order valence-corrected chi connectivity index (χ0v) is 14.6. The minimum atomic E-state index is -4.41. The molecule has 1 aromatic heterocycles. The van der Waals surface area contributed by atoms with E-state index in [1.165, 1.54) is 35.7 Å². The molecule has 4 rings (SSSR count). The van der Waals surface area contributed by atoms with Crippen molar-refractivity contribution < 1.29 is 13.2 Å². The molecule has 140 valence electrons. The van der Waals surface area contributed by atoms with Gasteiger partial charge in [0, 0.05) is 19.3 Å². The number of piperidine rings is 1. The van der Waals surface area contributed by atoms with Gasteiger partial charge in [0.2, 0.25) is 0 Å². The summed E-state index contributed by atoms with van der Waals surface area (Å²) in [4.78, 5) is 2.50. The van der Waals surface area contributed by atoms with Crippen LogP contribution in [0.1, 0.15) is 30.5 Å². The molecule has 0 bridgehead atoms. The van der Waals surface area contributed by atoms with Gasteiger partial charge in [-0.25, -0.2) is 4.68 Å². The summed E-state index contributed by atoms with van der Waals surface area (Å²) in [6, 6.07) is 8.63. The first-order valence-electron chi connectivity index (χ1n) is 9.09. The average Bonchev–Trinajstić information content (AvgIpc) is 3.24. The second-order valence-electron chi connectivity index (χ2n) is 7.52. The van der Waals surface area contributed by atoms with Crippen molar-refractivity contribution in [3.8, 4) is 5.69 Å². The minimum Gasteiger partial charge on any atom is -0.317 e. The molecule has 0 saturated carbocycles. The number of nitrogens with zero attached hydrogens (tertiary/aromatic N) is 3. The van der Waals surface area contributed by atoms with Gasteiger partial charge in [0.15, 0.2) is 5.69 Å². The van der Waals surface area contributed by atoms with Crippen molar-refractivity contribution in [1.29, 1.82) is 0 Å². The Labute approximate surface area is 151 Å². The van der Waals surface area contributed by atoms with Crippen LogP contribution in [0.15, 0.2) is 36.5 Å². The van der Waals surface area contributed by atoms with Gasteiger partial charge in [-0.2, -0.15) is 18.3 Å². The van der Waals surface area contributed by atoms with E-state index < -0.39 is 11.9 Å². The Balaban J connectivity index is 1.40. The number of benzene rings is 1. The lowest BCUT2D eigenvalue weighted by atomic mass is 9.78. The Morgan fingerprint density at radius 3 is 2.42 bits per heavy atom. The monoisotopic (exact) mass is 364 g/mol. The summed E-state index contributed by atoms with van der Waals surface area (Å²) in [7, 11) is 0. The van der Waals surface area contributed by atoms with Crippen LogP contribution >= 0.6 is 0 Å². The molecule has 2 aliphatic heterocycles. The molecule has 1 spiro atoms. The summed E-state index contributed by atoms with van der Waals surface area (Å²) in [5, 5.41) is 7.05. The van der Waals surface area contributed by atoms with Crippen LogP contribution in [-0.4, -0.2) is 40.9 Å². The Morgan fingerprint density at radius 2 is 1.77 bits per heavy atom. The number of halogens is 3. The highest BCUT2D eigenvalue weighted by atomic mass is 19.4. The first kappa shape index (κ1) is 17.5. The fourth-order valence-corrected chi connectivity index (χ4v) is 4.16. The van der Waals surface area contributed by atoms with E-state index in [4.69, 9.17) is 0 Å². The van der Waals surface area contributed by atoms with E-state index in [9.17, 15) is 13.2 Å². The minimum absolute atomic E-state index is 0.480. The van der Waals surface area contributed by atoms with Crippen LogP contribution in [0.4, 0.5) is 13.2 Å². The fraction of sp³-hybridized carbons (Fsp3) is 0.526. The standard InChI is InChI=1S/C19H23F3N4/c20-19(21,22)17-5-11-26(24-17)16-3-1-15(2-4-16)13-25-12-8-18(14-25)6-9-23-10-7-18/h1-5,11,23H,6-10,12-14H2. The van der Waals surface area contributed by atoms with E-state index in [1.54, 1.807) is 0 Å². The molecule has 1 aromatic carbocycles. The topological polar surface area (TPSA) is 33.1 Å². The molecule has 0 amide bonds. The largest absolute Gasteiger partial charge is 0.435 e. The van der Waals surface area contributed by atoms with Crippen LogP contribution in [0.2, 0.25) is 0 Å². The number of rotatable bonds is 3. The highest BCUT2D eigenvalue weighted by Gasteiger charge is 2.38. The van der Waals surface area contributed by atoms with Gasteiger partial charge in [0.25, 0.3) is 0 Å². The molecule has 2 fully saturated rings. The van der Waals surface area contributed by atoms with Crippen molar-refractivity contribution in [3.63, 3.8) is 0 Å². The van der Waals surface area contributed by atoms with Gasteiger partial charge in [0.05, 0.1) is 5.69 Å². The molecule has 0 aliphatic carbocycles. The van der Waals surface area contributed by atoms with Crippen molar-refractivity contribution >= 4 is 0 Å². The van der Waals surface area contributed by atoms with Gasteiger partial charge >= 0.3 is 6.18 Å². The van der Waals surface area contributed by atoms with E-state index in [0.717, 1.165) is 38.8 Å². The summed E-state index contributed by atoms with van der Waals surface area (Å²) < 4.78 is 39.3. The van der Waals surface area contributed by atoms with E-state index in [1.807, 2.05) is 24.3 Å². The van der Waals surface area contributed by atoms with Crippen LogP contribution in [0.5, 0.6) is 0 Å². The molecule has 3 heterocycles. The molecular weight excluding hydrogens is 341 g/mol. The Kier molecular flexibility index (Phi) is 4.52. The molecule has 2 aliphatic rings. The Morgan fingerprint density at radius 1 is 1.04 bits per heavy atom. The molecule has 1 N–H and O–H groups in total. The molecule has 0 atom stereocenters. The summed E-state index contributed by atoms with van der Waals surface area (Å²) in [5.74, 6) is 0. The van der Waals surface area contributed by atoms with E-state index in [0.29, 0.717) is 11.1 Å². The maximum absolute atomic E-state index is 12.7. The summed E-state index contributed by atoms with van der Waals surface area (Å²) in [5.41, 5.74) is 1.43. The highest BCUT2D eigenvalue weighted by Crippen LogP contribution is 2.39. The van der Waals surface area contributed by atoms with E-state index in [2.05, 4.69) is 15.3 Å². The van der Waals surface area contributed by atoms with Gasteiger partial charge in [-0.3, -0.25) is 4.90 Å². The third-order valence-electron chi connectivity index (χ3n) is 5.67. The Bertz CT molecular complexity index is 745.